The SMILES string of the molecule is COCCN1C(=O)C(Nc2ccc3oc(C(C)=O)cc3c2)=C(c2ccccc2)C1=O. The van der Waals surface area contributed by atoms with Gasteiger partial charge in [-0.25, -0.2) is 0 Å². The summed E-state index contributed by atoms with van der Waals surface area (Å²) >= 11 is 0. The highest BCUT2D eigenvalue weighted by Crippen LogP contribution is 2.31. The van der Waals surface area contributed by atoms with E-state index in [1.165, 1.54) is 18.9 Å². The standard InChI is InChI=1S/C23H20N2O5/c1-14(26)19-13-16-12-17(8-9-18(16)30-19)24-21-20(15-6-4-3-5-7-15)22(27)25(23(21)28)10-11-29-2/h3-9,12-13,24H,10-11H2,1-2H3. The van der Waals surface area contributed by atoms with Crippen LogP contribution in [0.4, 0.5) is 5.69 Å². The average molecular weight is 404 g/mol. The first kappa shape index (κ1) is 19.6. The van der Waals surface area contributed by atoms with Gasteiger partial charge < -0.3 is 14.5 Å². The lowest BCUT2D eigenvalue weighted by atomic mass is 10.0. The van der Waals surface area contributed by atoms with Crippen LogP contribution in [-0.2, 0) is 14.3 Å². The number of ether oxygens (including phenoxy) is 1. The lowest BCUT2D eigenvalue weighted by Crippen LogP contribution is -2.35. The maximum absolute atomic E-state index is 13.0. The molecule has 152 valence electrons. The van der Waals surface area contributed by atoms with E-state index in [0.29, 0.717) is 22.4 Å². The molecule has 1 N–H and O–H groups in total. The molecule has 1 aromatic heterocycles. The Labute approximate surface area is 172 Å². The number of ketones is 1. The van der Waals surface area contributed by atoms with Crippen LogP contribution in [0.5, 0.6) is 0 Å². The fourth-order valence-corrected chi connectivity index (χ4v) is 3.39. The Morgan fingerprint density at radius 2 is 1.83 bits per heavy atom. The van der Waals surface area contributed by atoms with Crippen molar-refractivity contribution in [3.05, 3.63) is 71.6 Å². The van der Waals surface area contributed by atoms with Gasteiger partial charge >= 0.3 is 0 Å². The number of hydrogen-bond donors (Lipinski definition) is 1. The summed E-state index contributed by atoms with van der Waals surface area (Å²) in [5, 5.41) is 3.83. The minimum Gasteiger partial charge on any atom is -0.453 e. The zero-order valence-electron chi connectivity index (χ0n) is 16.6. The summed E-state index contributed by atoms with van der Waals surface area (Å²) in [6.45, 7) is 1.85. The average Bonchev–Trinajstić information content (AvgIpc) is 3.27. The largest absolute Gasteiger partial charge is 0.453 e. The fraction of sp³-hybridized carbons (Fsp3) is 0.174. The second kappa shape index (κ2) is 7.96. The monoisotopic (exact) mass is 404 g/mol. The van der Waals surface area contributed by atoms with E-state index in [1.54, 1.807) is 36.4 Å². The van der Waals surface area contributed by atoms with Crippen molar-refractivity contribution in [1.82, 2.24) is 4.90 Å². The first-order chi connectivity index (χ1) is 14.5. The Morgan fingerprint density at radius 3 is 2.53 bits per heavy atom. The first-order valence-electron chi connectivity index (χ1n) is 9.46. The van der Waals surface area contributed by atoms with Gasteiger partial charge in [0.05, 0.1) is 18.7 Å². The molecular formula is C23H20N2O5. The Morgan fingerprint density at radius 1 is 1.07 bits per heavy atom. The van der Waals surface area contributed by atoms with Crippen LogP contribution in [-0.4, -0.2) is 42.8 Å². The molecule has 1 aliphatic rings. The highest BCUT2D eigenvalue weighted by molar-refractivity contribution is 6.36. The molecule has 30 heavy (non-hydrogen) atoms. The van der Waals surface area contributed by atoms with E-state index in [-0.39, 0.29) is 36.3 Å². The van der Waals surface area contributed by atoms with Crippen molar-refractivity contribution in [2.45, 2.75) is 6.92 Å². The summed E-state index contributed by atoms with van der Waals surface area (Å²) in [5.41, 5.74) is 2.35. The quantitative estimate of drug-likeness (QED) is 0.479. The summed E-state index contributed by atoms with van der Waals surface area (Å²) < 4.78 is 10.6. The lowest BCUT2D eigenvalue weighted by molar-refractivity contribution is -0.137. The molecule has 0 radical (unpaired) electrons. The van der Waals surface area contributed by atoms with Crippen molar-refractivity contribution < 1.29 is 23.5 Å². The minimum atomic E-state index is -0.410. The van der Waals surface area contributed by atoms with E-state index in [4.69, 9.17) is 9.15 Å². The van der Waals surface area contributed by atoms with E-state index in [2.05, 4.69) is 5.32 Å². The van der Waals surface area contributed by atoms with Gasteiger partial charge in [0, 0.05) is 25.1 Å². The number of methoxy groups -OCH3 is 1. The molecule has 0 saturated heterocycles. The van der Waals surface area contributed by atoms with Crippen molar-refractivity contribution in [1.29, 1.82) is 0 Å². The van der Waals surface area contributed by atoms with Gasteiger partial charge in [-0.05, 0) is 29.8 Å². The zero-order chi connectivity index (χ0) is 21.3. The van der Waals surface area contributed by atoms with Crippen LogP contribution in [0.3, 0.4) is 0 Å². The van der Waals surface area contributed by atoms with E-state index in [0.717, 1.165) is 5.39 Å². The smallest absolute Gasteiger partial charge is 0.278 e. The molecule has 2 aromatic carbocycles. The van der Waals surface area contributed by atoms with Crippen LogP contribution >= 0.6 is 0 Å². The minimum absolute atomic E-state index is 0.165. The molecular weight excluding hydrogens is 384 g/mol. The van der Waals surface area contributed by atoms with Gasteiger partial charge in [0.1, 0.15) is 11.3 Å². The van der Waals surface area contributed by atoms with E-state index in [1.807, 2.05) is 18.2 Å². The molecule has 0 aliphatic carbocycles. The first-order valence-corrected chi connectivity index (χ1v) is 9.46. The predicted octanol–water partition coefficient (Wildman–Crippen LogP) is 3.47. The van der Waals surface area contributed by atoms with E-state index < -0.39 is 5.91 Å². The molecule has 7 heteroatoms. The van der Waals surface area contributed by atoms with Crippen LogP contribution < -0.4 is 5.32 Å². The number of Topliss-reactive ketones (excluding diaryl/α,β-unsaturated/α-hetero) is 1. The van der Waals surface area contributed by atoms with Crippen LogP contribution in [0, 0.1) is 0 Å². The van der Waals surface area contributed by atoms with Crippen molar-refractivity contribution in [3.63, 3.8) is 0 Å². The number of benzene rings is 2. The van der Waals surface area contributed by atoms with E-state index >= 15 is 0 Å². The highest BCUT2D eigenvalue weighted by Gasteiger charge is 2.38. The van der Waals surface area contributed by atoms with Gasteiger partial charge in [0.25, 0.3) is 11.8 Å². The number of carbonyl (C=O) groups excluding carboxylic acids is 3. The number of nitrogens with zero attached hydrogens (tertiary/aromatic N) is 1. The lowest BCUT2D eigenvalue weighted by Gasteiger charge is -2.14. The number of carbonyl (C=O) groups is 3. The molecule has 3 aromatic rings. The van der Waals surface area contributed by atoms with Crippen molar-refractivity contribution in [2.24, 2.45) is 0 Å². The summed E-state index contributed by atoms with van der Waals surface area (Å²) in [5.74, 6) is -0.675. The molecule has 0 bridgehead atoms. The number of imide groups is 1. The molecule has 0 unspecified atom stereocenters. The third-order valence-electron chi connectivity index (χ3n) is 4.88. The molecule has 0 fully saturated rings. The third kappa shape index (κ3) is 3.51. The Bertz CT molecular complexity index is 1180. The molecule has 0 spiro atoms. The summed E-state index contributed by atoms with van der Waals surface area (Å²) in [6.07, 6.45) is 0. The number of fused-ring (bicyclic) bond motifs is 1. The molecule has 4 rings (SSSR count). The second-order valence-electron chi connectivity index (χ2n) is 6.92. The number of anilines is 1. The summed E-state index contributed by atoms with van der Waals surface area (Å²) in [6, 6.07) is 15.9. The maximum Gasteiger partial charge on any atom is 0.278 e. The van der Waals surface area contributed by atoms with Crippen LogP contribution in [0.1, 0.15) is 23.0 Å². The van der Waals surface area contributed by atoms with Crippen LogP contribution in [0.15, 0.2) is 64.7 Å². The predicted molar refractivity (Wildman–Crippen MR) is 112 cm³/mol. The van der Waals surface area contributed by atoms with Crippen LogP contribution in [0.25, 0.3) is 16.5 Å². The Kier molecular flexibility index (Phi) is 5.20. The molecule has 0 atom stereocenters. The Balaban J connectivity index is 1.74. The van der Waals surface area contributed by atoms with Crippen molar-refractivity contribution in [3.8, 4) is 0 Å². The summed E-state index contributed by atoms with van der Waals surface area (Å²) in [7, 11) is 1.52. The topological polar surface area (TPSA) is 88.8 Å². The fourth-order valence-electron chi connectivity index (χ4n) is 3.39. The highest BCUT2D eigenvalue weighted by atomic mass is 16.5. The van der Waals surface area contributed by atoms with Gasteiger partial charge in [-0.2, -0.15) is 0 Å². The van der Waals surface area contributed by atoms with Gasteiger partial charge in [-0.1, -0.05) is 30.3 Å². The summed E-state index contributed by atoms with van der Waals surface area (Å²) in [4.78, 5) is 38.8. The van der Waals surface area contributed by atoms with Gasteiger partial charge in [0.15, 0.2) is 11.5 Å². The molecule has 7 nitrogen and oxygen atoms in total. The molecule has 2 amide bonds. The van der Waals surface area contributed by atoms with E-state index in [9.17, 15) is 14.4 Å². The van der Waals surface area contributed by atoms with Gasteiger partial charge in [-0.15, -0.1) is 0 Å². The zero-order valence-corrected chi connectivity index (χ0v) is 16.6. The number of amides is 2. The maximum atomic E-state index is 13.0. The van der Waals surface area contributed by atoms with Crippen molar-refractivity contribution in [2.75, 3.05) is 25.6 Å². The van der Waals surface area contributed by atoms with Crippen molar-refractivity contribution >= 4 is 39.8 Å². The normalized spacial score (nSPS) is 14.1. The molecule has 2 heterocycles. The molecule has 1 aliphatic heterocycles. The number of rotatable bonds is 7. The van der Waals surface area contributed by atoms with Gasteiger partial charge in [0.2, 0.25) is 0 Å². The van der Waals surface area contributed by atoms with Gasteiger partial charge in [-0.3, -0.25) is 19.3 Å². The second-order valence-corrected chi connectivity index (χ2v) is 6.92. The number of hydrogen-bond acceptors (Lipinski definition) is 6. The number of furan rings is 1. The number of nitrogens with one attached hydrogen (secondary N) is 1. The Hall–Kier alpha value is -3.71. The molecule has 0 saturated carbocycles. The van der Waals surface area contributed by atoms with Crippen LogP contribution in [0.2, 0.25) is 0 Å². The third-order valence-corrected chi connectivity index (χ3v) is 4.88.